The second-order valence-corrected chi connectivity index (χ2v) is 8.22. The van der Waals surface area contributed by atoms with Crippen molar-refractivity contribution in [2.75, 3.05) is 37.6 Å². The normalized spacial score (nSPS) is 20.9. The van der Waals surface area contributed by atoms with Crippen molar-refractivity contribution in [3.05, 3.63) is 54.1 Å². The van der Waals surface area contributed by atoms with Crippen LogP contribution >= 0.6 is 0 Å². The van der Waals surface area contributed by atoms with Crippen molar-refractivity contribution in [2.24, 2.45) is 7.05 Å². The number of rotatable bonds is 4. The third-order valence-corrected chi connectivity index (χ3v) is 6.12. The molecule has 8 heteroatoms. The van der Waals surface area contributed by atoms with E-state index in [2.05, 4.69) is 10.00 Å². The van der Waals surface area contributed by atoms with E-state index in [9.17, 15) is 14.0 Å². The number of allylic oxidation sites excluding steroid dienone is 1. The van der Waals surface area contributed by atoms with Crippen LogP contribution in [0.5, 0.6) is 0 Å². The van der Waals surface area contributed by atoms with Gasteiger partial charge < -0.3 is 9.80 Å². The second-order valence-electron chi connectivity index (χ2n) is 8.22. The monoisotopic (exact) mass is 425 g/mol. The molecule has 0 aliphatic carbocycles. The van der Waals surface area contributed by atoms with Crippen molar-refractivity contribution < 1.29 is 14.0 Å². The van der Waals surface area contributed by atoms with Gasteiger partial charge in [0.15, 0.2) is 0 Å². The Labute approximate surface area is 181 Å². The van der Waals surface area contributed by atoms with Crippen LogP contribution in [-0.2, 0) is 16.6 Å². The third kappa shape index (κ3) is 4.69. The lowest BCUT2D eigenvalue weighted by atomic mass is 10.0. The summed E-state index contributed by atoms with van der Waals surface area (Å²) in [5, 5.41) is 4.18. The van der Waals surface area contributed by atoms with Gasteiger partial charge in [0.05, 0.1) is 17.9 Å². The Hall–Kier alpha value is -3.00. The first-order chi connectivity index (χ1) is 14.9. The van der Waals surface area contributed by atoms with E-state index in [0.717, 1.165) is 29.7 Å². The van der Waals surface area contributed by atoms with Gasteiger partial charge in [-0.3, -0.25) is 19.2 Å². The van der Waals surface area contributed by atoms with E-state index in [0.29, 0.717) is 32.7 Å². The molecule has 7 nitrogen and oxygen atoms in total. The van der Waals surface area contributed by atoms with Crippen molar-refractivity contribution in [1.82, 2.24) is 19.6 Å². The third-order valence-electron chi connectivity index (χ3n) is 6.12. The maximum Gasteiger partial charge on any atom is 0.246 e. The molecular weight excluding hydrogens is 397 g/mol. The van der Waals surface area contributed by atoms with Crippen LogP contribution in [0.15, 0.2) is 42.7 Å². The summed E-state index contributed by atoms with van der Waals surface area (Å²) in [4.78, 5) is 31.7. The summed E-state index contributed by atoms with van der Waals surface area (Å²) >= 11 is 0. The van der Waals surface area contributed by atoms with E-state index in [1.165, 1.54) is 12.1 Å². The van der Waals surface area contributed by atoms with Gasteiger partial charge in [0.25, 0.3) is 0 Å². The quantitative estimate of drug-likeness (QED) is 0.706. The van der Waals surface area contributed by atoms with Crippen LogP contribution in [0.4, 0.5) is 10.1 Å². The number of piperidine rings is 1. The average Bonchev–Trinajstić information content (AvgIpc) is 3.20. The minimum Gasteiger partial charge on any atom is -0.337 e. The van der Waals surface area contributed by atoms with E-state index < -0.39 is 0 Å². The fourth-order valence-electron chi connectivity index (χ4n) is 4.33. The highest BCUT2D eigenvalue weighted by atomic mass is 19.1. The Kier molecular flexibility index (Phi) is 6.18. The van der Waals surface area contributed by atoms with Crippen molar-refractivity contribution in [3.63, 3.8) is 0 Å². The Morgan fingerprint density at radius 3 is 2.48 bits per heavy atom. The highest BCUT2D eigenvalue weighted by Crippen LogP contribution is 2.24. The number of anilines is 1. The molecule has 1 atom stereocenters. The van der Waals surface area contributed by atoms with Gasteiger partial charge in [0, 0.05) is 52.0 Å². The molecule has 2 aliphatic heterocycles. The number of benzene rings is 1. The summed E-state index contributed by atoms with van der Waals surface area (Å²) in [6.07, 6.45) is 7.00. The average molecular weight is 426 g/mol. The first kappa shape index (κ1) is 21.2. The number of piperazine rings is 1. The summed E-state index contributed by atoms with van der Waals surface area (Å²) in [5.41, 5.74) is 2.48. The molecule has 164 valence electrons. The van der Waals surface area contributed by atoms with Crippen molar-refractivity contribution in [3.8, 4) is 0 Å². The van der Waals surface area contributed by atoms with Crippen LogP contribution in [0, 0.1) is 5.82 Å². The van der Waals surface area contributed by atoms with E-state index in [-0.39, 0.29) is 23.7 Å². The Balaban J connectivity index is 1.35. The predicted octanol–water partition coefficient (Wildman–Crippen LogP) is 2.30. The molecule has 1 unspecified atom stereocenters. The molecule has 0 radical (unpaired) electrons. The van der Waals surface area contributed by atoms with Gasteiger partial charge in [0.1, 0.15) is 5.82 Å². The maximum absolute atomic E-state index is 13.1. The fourth-order valence-corrected chi connectivity index (χ4v) is 4.33. The number of aromatic nitrogens is 2. The first-order valence-corrected chi connectivity index (χ1v) is 10.7. The minimum atomic E-state index is -0.293. The van der Waals surface area contributed by atoms with Gasteiger partial charge in [0.2, 0.25) is 11.8 Å². The number of aryl methyl sites for hydroxylation is 1. The molecule has 2 saturated heterocycles. The van der Waals surface area contributed by atoms with Gasteiger partial charge in [-0.25, -0.2) is 4.39 Å². The van der Waals surface area contributed by atoms with Crippen LogP contribution in [0.1, 0.15) is 25.3 Å². The molecule has 1 aromatic heterocycles. The molecule has 0 N–H and O–H groups in total. The van der Waals surface area contributed by atoms with E-state index in [1.807, 2.05) is 30.0 Å². The number of carbonyl (C=O) groups is 2. The van der Waals surface area contributed by atoms with Crippen LogP contribution in [0.3, 0.4) is 0 Å². The first-order valence-electron chi connectivity index (χ1n) is 10.7. The summed E-state index contributed by atoms with van der Waals surface area (Å²) in [6, 6.07) is 5.99. The topological polar surface area (TPSA) is 61.7 Å². The summed E-state index contributed by atoms with van der Waals surface area (Å²) < 4.78 is 14.8. The zero-order valence-electron chi connectivity index (χ0n) is 18.0. The SMILES string of the molecule is C/C(=C/C(=O)N1CCN(C2CCCN(c3cnn(C)c3)C2=O)CC1)c1ccc(F)cc1. The van der Waals surface area contributed by atoms with Gasteiger partial charge in [-0.15, -0.1) is 0 Å². The lowest BCUT2D eigenvalue weighted by Crippen LogP contribution is -2.58. The molecular formula is C23H28FN5O2. The number of amides is 2. The molecule has 0 saturated carbocycles. The number of hydrogen-bond acceptors (Lipinski definition) is 4. The van der Waals surface area contributed by atoms with Crippen LogP contribution < -0.4 is 4.90 Å². The maximum atomic E-state index is 13.1. The lowest BCUT2D eigenvalue weighted by molar-refractivity contribution is -0.130. The van der Waals surface area contributed by atoms with Crippen molar-refractivity contribution in [2.45, 2.75) is 25.8 Å². The van der Waals surface area contributed by atoms with Gasteiger partial charge in [-0.1, -0.05) is 12.1 Å². The second kappa shape index (κ2) is 9.01. The van der Waals surface area contributed by atoms with Gasteiger partial charge >= 0.3 is 0 Å². The zero-order valence-corrected chi connectivity index (χ0v) is 18.0. The molecule has 31 heavy (non-hydrogen) atoms. The summed E-state index contributed by atoms with van der Waals surface area (Å²) in [5.74, 6) is -0.224. The van der Waals surface area contributed by atoms with Gasteiger partial charge in [-0.05, 0) is 43.0 Å². The standard InChI is InChI=1S/C23H28FN5O2/c1-17(18-5-7-19(24)8-6-18)14-22(30)28-12-10-27(11-13-28)21-4-3-9-29(23(21)31)20-15-25-26(2)16-20/h5-8,14-16,21H,3-4,9-13H2,1-2H3/b17-14-. The van der Waals surface area contributed by atoms with Crippen molar-refractivity contribution >= 4 is 23.1 Å². The highest BCUT2D eigenvalue weighted by Gasteiger charge is 2.36. The molecule has 0 bridgehead atoms. The number of hydrogen-bond donors (Lipinski definition) is 0. The molecule has 3 heterocycles. The molecule has 2 fully saturated rings. The predicted molar refractivity (Wildman–Crippen MR) is 117 cm³/mol. The van der Waals surface area contributed by atoms with E-state index in [1.54, 1.807) is 29.1 Å². The number of carbonyl (C=O) groups excluding carboxylic acids is 2. The molecule has 2 aromatic rings. The van der Waals surface area contributed by atoms with E-state index in [4.69, 9.17) is 0 Å². The molecule has 4 rings (SSSR count). The van der Waals surface area contributed by atoms with Crippen molar-refractivity contribution in [1.29, 1.82) is 0 Å². The van der Waals surface area contributed by atoms with Crippen LogP contribution in [0.2, 0.25) is 0 Å². The molecule has 2 aliphatic rings. The molecule has 2 amide bonds. The van der Waals surface area contributed by atoms with Gasteiger partial charge in [-0.2, -0.15) is 5.10 Å². The Bertz CT molecular complexity index is 976. The number of halogens is 1. The van der Waals surface area contributed by atoms with E-state index >= 15 is 0 Å². The minimum absolute atomic E-state index is 0.0477. The fraction of sp³-hybridized carbons (Fsp3) is 0.435. The van der Waals surface area contributed by atoms with Crippen LogP contribution in [0.25, 0.3) is 5.57 Å². The van der Waals surface area contributed by atoms with Crippen LogP contribution in [-0.4, -0.2) is 70.2 Å². The molecule has 0 spiro atoms. The molecule has 1 aromatic carbocycles. The zero-order chi connectivity index (χ0) is 22.0. The smallest absolute Gasteiger partial charge is 0.246 e. The summed E-state index contributed by atoms with van der Waals surface area (Å²) in [7, 11) is 1.85. The number of nitrogens with zero attached hydrogens (tertiary/aromatic N) is 5. The highest BCUT2D eigenvalue weighted by molar-refractivity contribution is 5.98. The summed E-state index contributed by atoms with van der Waals surface area (Å²) in [6.45, 7) is 5.09. The lowest BCUT2D eigenvalue weighted by Gasteiger charge is -2.42. The Morgan fingerprint density at radius 1 is 1.13 bits per heavy atom. The Morgan fingerprint density at radius 2 is 1.84 bits per heavy atom. The largest absolute Gasteiger partial charge is 0.337 e.